The van der Waals surface area contributed by atoms with E-state index in [1.807, 2.05) is 5.38 Å². The third-order valence-electron chi connectivity index (χ3n) is 5.00. The van der Waals surface area contributed by atoms with Crippen molar-refractivity contribution in [2.45, 2.75) is 16.3 Å². The minimum Gasteiger partial charge on any atom is -0.324 e. The number of alkyl halides is 3. The number of hydrogen-bond donors (Lipinski definition) is 2. The van der Waals surface area contributed by atoms with Crippen LogP contribution in [-0.2, 0) is 11.0 Å². The van der Waals surface area contributed by atoms with Gasteiger partial charge in [-0.15, -0.1) is 23.1 Å². The van der Waals surface area contributed by atoms with Gasteiger partial charge in [0.25, 0.3) is 5.91 Å². The van der Waals surface area contributed by atoms with E-state index in [-0.39, 0.29) is 16.6 Å². The van der Waals surface area contributed by atoms with Gasteiger partial charge in [-0.1, -0.05) is 48.0 Å². The summed E-state index contributed by atoms with van der Waals surface area (Å²) in [7, 11) is 0. The summed E-state index contributed by atoms with van der Waals surface area (Å²) in [5.74, 6) is -0.843. The normalized spacial score (nSPS) is 12.1. The predicted octanol–water partition coefficient (Wildman–Crippen LogP) is 8.14. The van der Waals surface area contributed by atoms with Crippen molar-refractivity contribution in [3.05, 3.63) is 111 Å². The molecule has 4 aromatic rings. The van der Waals surface area contributed by atoms with E-state index in [4.69, 9.17) is 11.6 Å². The molecule has 1 heterocycles. The number of amides is 2. The zero-order valence-electron chi connectivity index (χ0n) is 18.4. The van der Waals surface area contributed by atoms with Crippen LogP contribution in [0, 0.1) is 0 Å². The number of hydrogen-bond acceptors (Lipinski definition) is 4. The van der Waals surface area contributed by atoms with Gasteiger partial charge in [0, 0.05) is 15.6 Å². The Hall–Kier alpha value is -3.27. The van der Waals surface area contributed by atoms with Gasteiger partial charge in [0.1, 0.15) is 5.25 Å². The molecule has 4 nitrogen and oxygen atoms in total. The molecule has 0 aliphatic heterocycles. The second kappa shape index (κ2) is 11.2. The fourth-order valence-corrected chi connectivity index (χ4v) is 5.13. The summed E-state index contributed by atoms with van der Waals surface area (Å²) in [6.45, 7) is 0. The van der Waals surface area contributed by atoms with Crippen molar-refractivity contribution in [3.8, 4) is 0 Å². The first-order valence-electron chi connectivity index (χ1n) is 10.5. The minimum atomic E-state index is -4.69. The molecule has 4 rings (SSSR count). The van der Waals surface area contributed by atoms with Crippen molar-refractivity contribution in [1.82, 2.24) is 0 Å². The SMILES string of the molecule is O=C(Nc1ccc(SC(C(=O)Nc2ccc(Cl)cc2C(F)(F)F)c2ccccc2)cc1)c1cccs1. The molecule has 3 aromatic carbocycles. The summed E-state index contributed by atoms with van der Waals surface area (Å²) in [4.78, 5) is 26.8. The highest BCUT2D eigenvalue weighted by atomic mass is 35.5. The molecule has 0 saturated carbocycles. The fraction of sp³-hybridized carbons (Fsp3) is 0.0769. The maximum atomic E-state index is 13.5. The number of carbonyl (C=O) groups excluding carboxylic acids is 2. The Bertz CT molecular complexity index is 1350. The number of carbonyl (C=O) groups is 2. The Labute approximate surface area is 218 Å². The molecular weight excluding hydrogens is 529 g/mol. The Balaban J connectivity index is 1.55. The van der Waals surface area contributed by atoms with Gasteiger partial charge in [-0.2, -0.15) is 13.2 Å². The summed E-state index contributed by atoms with van der Waals surface area (Å²) in [6, 6.07) is 22.4. The van der Waals surface area contributed by atoms with Crippen molar-refractivity contribution in [2.24, 2.45) is 0 Å². The van der Waals surface area contributed by atoms with Gasteiger partial charge in [0.15, 0.2) is 0 Å². The number of nitrogens with one attached hydrogen (secondary N) is 2. The lowest BCUT2D eigenvalue weighted by atomic mass is 10.1. The number of halogens is 4. The molecule has 184 valence electrons. The molecule has 1 atom stereocenters. The van der Waals surface area contributed by atoms with Crippen molar-refractivity contribution in [3.63, 3.8) is 0 Å². The first-order valence-corrected chi connectivity index (χ1v) is 12.7. The van der Waals surface area contributed by atoms with Gasteiger partial charge in [0.2, 0.25) is 5.91 Å². The van der Waals surface area contributed by atoms with Gasteiger partial charge in [0.05, 0.1) is 16.1 Å². The molecule has 10 heteroatoms. The monoisotopic (exact) mass is 546 g/mol. The van der Waals surface area contributed by atoms with E-state index < -0.39 is 22.9 Å². The van der Waals surface area contributed by atoms with Crippen LogP contribution in [0.1, 0.15) is 26.0 Å². The zero-order valence-corrected chi connectivity index (χ0v) is 20.8. The average molecular weight is 547 g/mol. The molecule has 0 spiro atoms. The molecule has 0 radical (unpaired) electrons. The van der Waals surface area contributed by atoms with E-state index in [1.165, 1.54) is 29.2 Å². The molecule has 0 fully saturated rings. The quantitative estimate of drug-likeness (QED) is 0.230. The Kier molecular flexibility index (Phi) is 8.03. The van der Waals surface area contributed by atoms with Crippen LogP contribution in [0.5, 0.6) is 0 Å². The first-order chi connectivity index (χ1) is 17.2. The maximum Gasteiger partial charge on any atom is 0.418 e. The first kappa shape index (κ1) is 25.8. The van der Waals surface area contributed by atoms with Gasteiger partial charge >= 0.3 is 6.18 Å². The summed E-state index contributed by atoms with van der Waals surface area (Å²) in [5.41, 5.74) is -0.192. The molecule has 0 aliphatic carbocycles. The van der Waals surface area contributed by atoms with Gasteiger partial charge in [-0.25, -0.2) is 0 Å². The van der Waals surface area contributed by atoms with Crippen LogP contribution in [0.25, 0.3) is 0 Å². The standard InChI is InChI=1S/C26H18ClF3N2O2S2/c27-17-8-13-21(20(15-17)26(28,29)30)32-25(34)23(16-5-2-1-3-6-16)36-19-11-9-18(10-12-19)31-24(33)22-7-4-14-35-22/h1-15,23H,(H,31,33)(H,32,34). The van der Waals surface area contributed by atoms with E-state index in [0.717, 1.165) is 12.1 Å². The Morgan fingerprint density at radius 3 is 2.25 bits per heavy atom. The molecule has 2 amide bonds. The highest BCUT2D eigenvalue weighted by molar-refractivity contribution is 8.00. The van der Waals surface area contributed by atoms with Crippen molar-refractivity contribution in [1.29, 1.82) is 0 Å². The molecule has 1 aromatic heterocycles. The molecule has 1 unspecified atom stereocenters. The van der Waals surface area contributed by atoms with E-state index in [1.54, 1.807) is 66.7 Å². The zero-order chi connectivity index (χ0) is 25.7. The largest absolute Gasteiger partial charge is 0.418 e. The maximum absolute atomic E-state index is 13.5. The third kappa shape index (κ3) is 6.48. The van der Waals surface area contributed by atoms with Crippen LogP contribution in [0.3, 0.4) is 0 Å². The Morgan fingerprint density at radius 2 is 1.61 bits per heavy atom. The molecule has 2 N–H and O–H groups in total. The third-order valence-corrected chi connectivity index (χ3v) is 7.37. The van der Waals surface area contributed by atoms with Crippen molar-refractivity contribution >= 4 is 57.9 Å². The number of thiophene rings is 1. The smallest absolute Gasteiger partial charge is 0.324 e. The lowest BCUT2D eigenvalue weighted by Crippen LogP contribution is -2.21. The van der Waals surface area contributed by atoms with E-state index in [0.29, 0.717) is 21.0 Å². The topological polar surface area (TPSA) is 58.2 Å². The lowest BCUT2D eigenvalue weighted by molar-refractivity contribution is -0.137. The predicted molar refractivity (Wildman–Crippen MR) is 139 cm³/mol. The summed E-state index contributed by atoms with van der Waals surface area (Å²) < 4.78 is 40.6. The number of benzene rings is 3. The van der Waals surface area contributed by atoms with Crippen LogP contribution in [-0.4, -0.2) is 11.8 Å². The molecule has 0 saturated heterocycles. The molecule has 0 aliphatic rings. The number of rotatable bonds is 7. The summed E-state index contributed by atoms with van der Waals surface area (Å²) in [5, 5.41) is 6.11. The van der Waals surface area contributed by atoms with Crippen LogP contribution >= 0.6 is 34.7 Å². The van der Waals surface area contributed by atoms with Gasteiger partial charge < -0.3 is 10.6 Å². The second-order valence-corrected chi connectivity index (χ2v) is 10.1. The summed E-state index contributed by atoms with van der Waals surface area (Å²) in [6.07, 6.45) is -4.69. The van der Waals surface area contributed by atoms with E-state index >= 15 is 0 Å². The highest BCUT2D eigenvalue weighted by Gasteiger charge is 2.35. The molecule has 36 heavy (non-hydrogen) atoms. The van der Waals surface area contributed by atoms with E-state index in [9.17, 15) is 22.8 Å². The van der Waals surface area contributed by atoms with Crippen molar-refractivity contribution in [2.75, 3.05) is 10.6 Å². The molecule has 0 bridgehead atoms. The van der Waals surface area contributed by atoms with Crippen molar-refractivity contribution < 1.29 is 22.8 Å². The van der Waals surface area contributed by atoms with Gasteiger partial charge in [-0.05, 0) is 59.5 Å². The number of thioether (sulfide) groups is 1. The summed E-state index contributed by atoms with van der Waals surface area (Å²) >= 11 is 8.27. The van der Waals surface area contributed by atoms with Crippen LogP contribution in [0.15, 0.2) is 95.2 Å². The van der Waals surface area contributed by atoms with Crippen LogP contribution in [0.4, 0.5) is 24.5 Å². The van der Waals surface area contributed by atoms with Gasteiger partial charge in [-0.3, -0.25) is 9.59 Å². The van der Waals surface area contributed by atoms with E-state index in [2.05, 4.69) is 10.6 Å². The average Bonchev–Trinajstić information content (AvgIpc) is 3.40. The second-order valence-electron chi connectivity index (χ2n) is 7.54. The number of anilines is 2. The molecular formula is C26H18ClF3N2O2S2. The minimum absolute atomic E-state index is 0.0828. The Morgan fingerprint density at radius 1 is 0.889 bits per heavy atom. The van der Waals surface area contributed by atoms with Crippen LogP contribution in [0.2, 0.25) is 5.02 Å². The highest BCUT2D eigenvalue weighted by Crippen LogP contribution is 2.40. The lowest BCUT2D eigenvalue weighted by Gasteiger charge is -2.19. The van der Waals surface area contributed by atoms with Crippen LogP contribution < -0.4 is 10.6 Å². The fourth-order valence-electron chi connectivity index (χ4n) is 3.31.